The third-order valence-electron chi connectivity index (χ3n) is 2.99. The first kappa shape index (κ1) is 13.9. The molecule has 3 nitrogen and oxygen atoms in total. The molecule has 104 valence electrons. The fourth-order valence-electron chi connectivity index (χ4n) is 1.98. The van der Waals surface area contributed by atoms with Crippen molar-refractivity contribution in [2.24, 2.45) is 5.84 Å². The Morgan fingerprint density at radius 2 is 1.89 bits per heavy atom. The number of hydrazine groups is 1. The molecule has 0 spiro atoms. The number of hydrogen-bond donors (Lipinski definition) is 2. The highest BCUT2D eigenvalue weighted by molar-refractivity contribution is 5.30. The molecule has 1 aromatic carbocycles. The highest BCUT2D eigenvalue weighted by Crippen LogP contribution is 2.31. The van der Waals surface area contributed by atoms with Crippen LogP contribution in [0.1, 0.15) is 30.0 Å². The van der Waals surface area contributed by atoms with Gasteiger partial charge in [0.1, 0.15) is 11.8 Å². The van der Waals surface area contributed by atoms with Crippen LogP contribution in [0.3, 0.4) is 0 Å². The number of ether oxygens (including phenoxy) is 1. The van der Waals surface area contributed by atoms with Crippen molar-refractivity contribution in [2.75, 3.05) is 6.61 Å². The average Bonchev–Trinajstić information content (AvgIpc) is 2.40. The molecule has 0 saturated heterocycles. The second-order valence-electron chi connectivity index (χ2n) is 4.32. The molecule has 1 aliphatic heterocycles. The number of allylic oxidation sites excluding steroid dienone is 1. The van der Waals surface area contributed by atoms with E-state index in [2.05, 4.69) is 5.43 Å². The Morgan fingerprint density at radius 1 is 1.21 bits per heavy atom. The maximum absolute atomic E-state index is 12.5. The molecule has 1 aliphatic rings. The first-order chi connectivity index (χ1) is 9.02. The summed E-state index contributed by atoms with van der Waals surface area (Å²) in [6, 6.07) is 4.49. The predicted octanol–water partition coefficient (Wildman–Crippen LogP) is 2.90. The van der Waals surface area contributed by atoms with Crippen molar-refractivity contribution in [2.45, 2.75) is 25.1 Å². The minimum absolute atomic E-state index is 0.414. The molecule has 1 atom stereocenters. The van der Waals surface area contributed by atoms with Crippen LogP contribution >= 0.6 is 0 Å². The van der Waals surface area contributed by atoms with E-state index in [4.69, 9.17) is 10.6 Å². The lowest BCUT2D eigenvalue weighted by atomic mass is 10.0. The average molecular weight is 272 g/mol. The van der Waals surface area contributed by atoms with E-state index in [9.17, 15) is 13.2 Å². The number of rotatable bonds is 3. The minimum Gasteiger partial charge on any atom is -0.496 e. The van der Waals surface area contributed by atoms with Gasteiger partial charge in [-0.1, -0.05) is 12.1 Å². The van der Waals surface area contributed by atoms with E-state index in [0.29, 0.717) is 17.9 Å². The number of halogens is 3. The second kappa shape index (κ2) is 5.63. The molecule has 6 heteroatoms. The molecule has 1 heterocycles. The summed E-state index contributed by atoms with van der Waals surface area (Å²) in [6.07, 6.45) is -0.599. The molecule has 0 radical (unpaired) electrons. The van der Waals surface area contributed by atoms with Gasteiger partial charge < -0.3 is 4.74 Å². The van der Waals surface area contributed by atoms with Gasteiger partial charge in [-0.3, -0.25) is 5.84 Å². The fraction of sp³-hybridized carbons (Fsp3) is 0.385. The Morgan fingerprint density at radius 3 is 2.37 bits per heavy atom. The van der Waals surface area contributed by atoms with E-state index in [1.807, 2.05) is 6.08 Å². The smallest absolute Gasteiger partial charge is 0.416 e. The minimum atomic E-state index is -4.33. The molecule has 0 aromatic heterocycles. The van der Waals surface area contributed by atoms with E-state index < -0.39 is 17.8 Å². The molecule has 1 unspecified atom stereocenters. The van der Waals surface area contributed by atoms with Crippen molar-refractivity contribution in [3.8, 4) is 0 Å². The zero-order valence-electron chi connectivity index (χ0n) is 10.2. The zero-order chi connectivity index (χ0) is 13.9. The molecule has 0 saturated carbocycles. The summed E-state index contributed by atoms with van der Waals surface area (Å²) in [5.41, 5.74) is 2.54. The maximum Gasteiger partial charge on any atom is 0.416 e. The number of benzene rings is 1. The Bertz CT molecular complexity index is 454. The monoisotopic (exact) mass is 272 g/mol. The Balaban J connectivity index is 2.22. The molecule has 0 bridgehead atoms. The highest BCUT2D eigenvalue weighted by atomic mass is 19.4. The molecule has 19 heavy (non-hydrogen) atoms. The van der Waals surface area contributed by atoms with E-state index in [-0.39, 0.29) is 0 Å². The third-order valence-corrected chi connectivity index (χ3v) is 2.99. The highest BCUT2D eigenvalue weighted by Gasteiger charge is 2.30. The first-order valence-corrected chi connectivity index (χ1v) is 5.98. The molecular weight excluding hydrogens is 257 g/mol. The summed E-state index contributed by atoms with van der Waals surface area (Å²) in [4.78, 5) is 0. The summed E-state index contributed by atoms with van der Waals surface area (Å²) in [7, 11) is 0. The summed E-state index contributed by atoms with van der Waals surface area (Å²) in [5.74, 6) is 6.13. The van der Waals surface area contributed by atoms with Crippen LogP contribution in [0.5, 0.6) is 0 Å². The normalized spacial score (nSPS) is 17.6. The third kappa shape index (κ3) is 3.27. The van der Waals surface area contributed by atoms with Crippen LogP contribution in [-0.4, -0.2) is 6.61 Å². The van der Waals surface area contributed by atoms with Gasteiger partial charge in [0, 0.05) is 0 Å². The van der Waals surface area contributed by atoms with Crippen molar-refractivity contribution in [3.63, 3.8) is 0 Å². The van der Waals surface area contributed by atoms with E-state index >= 15 is 0 Å². The summed E-state index contributed by atoms with van der Waals surface area (Å²) >= 11 is 0. The zero-order valence-corrected chi connectivity index (χ0v) is 10.2. The Labute approximate surface area is 109 Å². The summed E-state index contributed by atoms with van der Waals surface area (Å²) < 4.78 is 42.9. The number of hydrogen-bond acceptors (Lipinski definition) is 3. The lowest BCUT2D eigenvalue weighted by Crippen LogP contribution is -2.31. The Hall–Kier alpha value is -1.53. The molecule has 0 amide bonds. The topological polar surface area (TPSA) is 47.3 Å². The van der Waals surface area contributed by atoms with Gasteiger partial charge in [-0.2, -0.15) is 13.2 Å². The van der Waals surface area contributed by atoms with Crippen LogP contribution in [0.25, 0.3) is 0 Å². The second-order valence-corrected chi connectivity index (χ2v) is 4.32. The lowest BCUT2D eigenvalue weighted by Gasteiger charge is -2.23. The van der Waals surface area contributed by atoms with Gasteiger partial charge in [-0.25, -0.2) is 5.43 Å². The van der Waals surface area contributed by atoms with E-state index in [0.717, 1.165) is 25.0 Å². The van der Waals surface area contributed by atoms with Crippen LogP contribution in [0, 0.1) is 0 Å². The van der Waals surface area contributed by atoms with Crippen LogP contribution < -0.4 is 11.3 Å². The lowest BCUT2D eigenvalue weighted by molar-refractivity contribution is -0.137. The van der Waals surface area contributed by atoms with Gasteiger partial charge in [0.25, 0.3) is 0 Å². The van der Waals surface area contributed by atoms with Crippen LogP contribution in [-0.2, 0) is 10.9 Å². The largest absolute Gasteiger partial charge is 0.496 e. The van der Waals surface area contributed by atoms with Gasteiger partial charge >= 0.3 is 6.18 Å². The van der Waals surface area contributed by atoms with Crippen LogP contribution in [0.15, 0.2) is 36.1 Å². The summed E-state index contributed by atoms with van der Waals surface area (Å²) in [5, 5.41) is 0. The van der Waals surface area contributed by atoms with Crippen molar-refractivity contribution in [1.29, 1.82) is 0 Å². The van der Waals surface area contributed by atoms with Crippen molar-refractivity contribution in [3.05, 3.63) is 47.2 Å². The van der Waals surface area contributed by atoms with Gasteiger partial charge in [-0.05, 0) is 36.6 Å². The standard InChI is InChI=1S/C13H15F3N2O/c14-13(15,16)10-6-4-9(5-7-10)12(18-17)11-3-1-2-8-19-11/h3-7,12,18H,1-2,8,17H2. The van der Waals surface area contributed by atoms with Gasteiger partial charge in [0.05, 0.1) is 12.2 Å². The van der Waals surface area contributed by atoms with Crippen LogP contribution in [0.4, 0.5) is 13.2 Å². The number of alkyl halides is 3. The van der Waals surface area contributed by atoms with Crippen molar-refractivity contribution >= 4 is 0 Å². The first-order valence-electron chi connectivity index (χ1n) is 5.98. The van der Waals surface area contributed by atoms with Gasteiger partial charge in [0.2, 0.25) is 0 Å². The van der Waals surface area contributed by atoms with E-state index in [1.165, 1.54) is 12.1 Å². The molecule has 2 rings (SSSR count). The van der Waals surface area contributed by atoms with Crippen molar-refractivity contribution < 1.29 is 17.9 Å². The molecular formula is C13H15F3N2O. The Kier molecular flexibility index (Phi) is 4.11. The fourth-order valence-corrected chi connectivity index (χ4v) is 1.98. The van der Waals surface area contributed by atoms with Gasteiger partial charge in [0.15, 0.2) is 0 Å². The molecule has 3 N–H and O–H groups in total. The SMILES string of the molecule is NNC(C1=CCCCO1)c1ccc(C(F)(F)F)cc1. The van der Waals surface area contributed by atoms with E-state index in [1.54, 1.807) is 0 Å². The quantitative estimate of drug-likeness (QED) is 0.657. The van der Waals surface area contributed by atoms with Crippen LogP contribution in [0.2, 0.25) is 0 Å². The van der Waals surface area contributed by atoms with Crippen molar-refractivity contribution in [1.82, 2.24) is 5.43 Å². The summed E-state index contributed by atoms with van der Waals surface area (Å²) in [6.45, 7) is 0.602. The molecule has 0 fully saturated rings. The number of nitrogens with one attached hydrogen (secondary N) is 1. The number of nitrogens with two attached hydrogens (primary N) is 1. The molecule has 1 aromatic rings. The molecule has 0 aliphatic carbocycles. The maximum atomic E-state index is 12.5. The predicted molar refractivity (Wildman–Crippen MR) is 64.8 cm³/mol. The van der Waals surface area contributed by atoms with Gasteiger partial charge in [-0.15, -0.1) is 0 Å².